The van der Waals surface area contributed by atoms with Crippen LogP contribution in [0.3, 0.4) is 0 Å². The zero-order valence-electron chi connectivity index (χ0n) is 13.6. The molecule has 0 aliphatic carbocycles. The van der Waals surface area contributed by atoms with Crippen LogP contribution in [-0.4, -0.2) is 14.2 Å². The lowest BCUT2D eigenvalue weighted by Crippen LogP contribution is -2.14. The van der Waals surface area contributed by atoms with Crippen LogP contribution in [0, 0.1) is 6.92 Å². The molecule has 0 bridgehead atoms. The Hall–Kier alpha value is -2.92. The molecule has 3 rings (SSSR count). The van der Waals surface area contributed by atoms with E-state index in [9.17, 15) is 13.2 Å². The highest BCUT2D eigenvalue weighted by molar-refractivity contribution is 7.92. The van der Waals surface area contributed by atoms with Crippen LogP contribution in [0.15, 0.2) is 83.8 Å². The summed E-state index contributed by atoms with van der Waals surface area (Å²) in [7, 11) is -3.66. The third-order valence-corrected chi connectivity index (χ3v) is 5.36. The Kier molecular flexibility index (Phi) is 4.67. The first-order valence-corrected chi connectivity index (χ1v) is 9.24. The molecule has 0 fully saturated rings. The Morgan fingerprint density at radius 1 is 0.760 bits per heavy atom. The maximum atomic E-state index is 12.5. The first-order valence-electron chi connectivity index (χ1n) is 7.76. The zero-order chi connectivity index (χ0) is 17.9. The molecule has 3 aromatic carbocycles. The lowest BCUT2D eigenvalue weighted by atomic mass is 10.0. The average molecular weight is 351 g/mol. The van der Waals surface area contributed by atoms with Gasteiger partial charge in [0.15, 0.2) is 5.78 Å². The van der Waals surface area contributed by atoms with E-state index in [0.29, 0.717) is 22.4 Å². The number of hydrogen-bond acceptors (Lipinski definition) is 3. The van der Waals surface area contributed by atoms with Gasteiger partial charge in [0.2, 0.25) is 0 Å². The van der Waals surface area contributed by atoms with Crippen molar-refractivity contribution in [1.29, 1.82) is 0 Å². The SMILES string of the molecule is Cc1ccccc1S(=O)(=O)Nc1ccc(C(=O)c2ccccc2)cc1. The fourth-order valence-corrected chi connectivity index (χ4v) is 3.82. The first-order chi connectivity index (χ1) is 12.0. The summed E-state index contributed by atoms with van der Waals surface area (Å²) in [5.41, 5.74) is 2.18. The number of aryl methyl sites for hydroxylation is 1. The lowest BCUT2D eigenvalue weighted by molar-refractivity contribution is 0.103. The van der Waals surface area contributed by atoms with Crippen molar-refractivity contribution < 1.29 is 13.2 Å². The molecule has 0 aliphatic heterocycles. The summed E-state index contributed by atoms with van der Waals surface area (Å²) in [4.78, 5) is 12.6. The number of sulfonamides is 1. The van der Waals surface area contributed by atoms with Crippen molar-refractivity contribution in [3.05, 3.63) is 95.6 Å². The van der Waals surface area contributed by atoms with E-state index in [4.69, 9.17) is 0 Å². The van der Waals surface area contributed by atoms with E-state index in [1.807, 2.05) is 6.07 Å². The van der Waals surface area contributed by atoms with Crippen molar-refractivity contribution in [2.24, 2.45) is 0 Å². The molecule has 0 spiro atoms. The summed E-state index contributed by atoms with van der Waals surface area (Å²) in [6.45, 7) is 1.75. The van der Waals surface area contributed by atoms with E-state index in [0.717, 1.165) is 0 Å². The molecule has 0 heterocycles. The highest BCUT2D eigenvalue weighted by atomic mass is 32.2. The number of rotatable bonds is 5. The van der Waals surface area contributed by atoms with Gasteiger partial charge in [0.1, 0.15) is 0 Å². The minimum absolute atomic E-state index is 0.103. The molecule has 3 aromatic rings. The monoisotopic (exact) mass is 351 g/mol. The number of nitrogens with one attached hydrogen (secondary N) is 1. The minimum Gasteiger partial charge on any atom is -0.289 e. The molecule has 25 heavy (non-hydrogen) atoms. The van der Waals surface area contributed by atoms with Gasteiger partial charge in [0, 0.05) is 16.8 Å². The summed E-state index contributed by atoms with van der Waals surface area (Å²) in [6, 6.07) is 22.1. The minimum atomic E-state index is -3.66. The maximum absolute atomic E-state index is 12.5. The summed E-state index contributed by atoms with van der Waals surface area (Å²) >= 11 is 0. The van der Waals surface area contributed by atoms with Crippen LogP contribution < -0.4 is 4.72 Å². The third kappa shape index (κ3) is 3.78. The van der Waals surface area contributed by atoms with Crippen molar-refractivity contribution in [2.75, 3.05) is 4.72 Å². The molecule has 4 nitrogen and oxygen atoms in total. The van der Waals surface area contributed by atoms with E-state index in [1.165, 1.54) is 0 Å². The van der Waals surface area contributed by atoms with E-state index >= 15 is 0 Å². The van der Waals surface area contributed by atoms with Crippen LogP contribution in [0.4, 0.5) is 5.69 Å². The molecule has 0 amide bonds. The lowest BCUT2D eigenvalue weighted by Gasteiger charge is -2.10. The number of ketones is 1. The van der Waals surface area contributed by atoms with Gasteiger partial charge in [-0.15, -0.1) is 0 Å². The molecule has 0 radical (unpaired) electrons. The summed E-state index contributed by atoms with van der Waals surface area (Å²) in [5, 5.41) is 0. The zero-order valence-corrected chi connectivity index (χ0v) is 14.5. The van der Waals surface area contributed by atoms with Gasteiger partial charge in [-0.2, -0.15) is 0 Å². The molecule has 0 aliphatic rings. The predicted octanol–water partition coefficient (Wildman–Crippen LogP) is 4.03. The topological polar surface area (TPSA) is 63.2 Å². The van der Waals surface area contributed by atoms with Crippen molar-refractivity contribution in [3.8, 4) is 0 Å². The second-order valence-corrected chi connectivity index (χ2v) is 7.29. The fourth-order valence-electron chi connectivity index (χ4n) is 2.51. The van der Waals surface area contributed by atoms with Crippen LogP contribution in [0.25, 0.3) is 0 Å². The van der Waals surface area contributed by atoms with Gasteiger partial charge in [-0.05, 0) is 42.8 Å². The molecule has 0 aromatic heterocycles. The molecule has 0 saturated heterocycles. The standard InChI is InChI=1S/C20H17NO3S/c1-15-7-5-6-10-19(15)25(23,24)21-18-13-11-17(12-14-18)20(22)16-8-3-2-4-9-16/h2-14,21H,1H3. The van der Waals surface area contributed by atoms with Crippen LogP contribution in [0.1, 0.15) is 21.5 Å². The van der Waals surface area contributed by atoms with Crippen molar-refractivity contribution in [3.63, 3.8) is 0 Å². The maximum Gasteiger partial charge on any atom is 0.262 e. The van der Waals surface area contributed by atoms with Gasteiger partial charge in [0.25, 0.3) is 10.0 Å². The highest BCUT2D eigenvalue weighted by Crippen LogP contribution is 2.20. The van der Waals surface area contributed by atoms with Gasteiger partial charge in [-0.25, -0.2) is 8.42 Å². The van der Waals surface area contributed by atoms with Crippen molar-refractivity contribution in [1.82, 2.24) is 0 Å². The number of anilines is 1. The number of carbonyl (C=O) groups excluding carboxylic acids is 1. The van der Waals surface area contributed by atoms with Gasteiger partial charge in [0.05, 0.1) is 4.90 Å². The van der Waals surface area contributed by atoms with Crippen LogP contribution >= 0.6 is 0 Å². The summed E-state index contributed by atoms with van der Waals surface area (Å²) < 4.78 is 27.5. The fraction of sp³-hybridized carbons (Fsp3) is 0.0500. The predicted molar refractivity (Wildman–Crippen MR) is 98.3 cm³/mol. The Bertz CT molecular complexity index is 995. The second-order valence-electron chi connectivity index (χ2n) is 5.64. The van der Waals surface area contributed by atoms with Gasteiger partial charge in [-0.1, -0.05) is 48.5 Å². The normalized spacial score (nSPS) is 11.1. The first kappa shape index (κ1) is 16.9. The molecular weight excluding hydrogens is 334 g/mol. The van der Waals surface area contributed by atoms with E-state index < -0.39 is 10.0 Å². The molecule has 0 unspecified atom stereocenters. The Morgan fingerprint density at radius 2 is 1.32 bits per heavy atom. The second kappa shape index (κ2) is 6.91. The van der Waals surface area contributed by atoms with E-state index in [2.05, 4.69) is 4.72 Å². The van der Waals surface area contributed by atoms with Gasteiger partial charge < -0.3 is 0 Å². The summed E-state index contributed by atoms with van der Waals surface area (Å²) in [5.74, 6) is -0.103. The smallest absolute Gasteiger partial charge is 0.262 e. The molecule has 0 atom stereocenters. The third-order valence-electron chi connectivity index (χ3n) is 3.82. The van der Waals surface area contributed by atoms with Crippen LogP contribution in [0.5, 0.6) is 0 Å². The van der Waals surface area contributed by atoms with Crippen molar-refractivity contribution >= 4 is 21.5 Å². The molecule has 1 N–H and O–H groups in total. The van der Waals surface area contributed by atoms with Crippen LogP contribution in [0.2, 0.25) is 0 Å². The number of carbonyl (C=O) groups is 1. The Balaban J connectivity index is 1.82. The van der Waals surface area contributed by atoms with Crippen LogP contribution in [-0.2, 0) is 10.0 Å². The summed E-state index contributed by atoms with van der Waals surface area (Å²) in [6.07, 6.45) is 0. The van der Waals surface area contributed by atoms with E-state index in [-0.39, 0.29) is 10.7 Å². The molecular formula is C20H17NO3S. The highest BCUT2D eigenvalue weighted by Gasteiger charge is 2.16. The number of benzene rings is 3. The Labute approximate surface area is 147 Å². The average Bonchev–Trinajstić information content (AvgIpc) is 2.62. The Morgan fingerprint density at radius 3 is 1.96 bits per heavy atom. The molecule has 0 saturated carbocycles. The largest absolute Gasteiger partial charge is 0.289 e. The number of hydrogen-bond donors (Lipinski definition) is 1. The quantitative estimate of drug-likeness (QED) is 0.706. The van der Waals surface area contributed by atoms with Gasteiger partial charge >= 0.3 is 0 Å². The van der Waals surface area contributed by atoms with Gasteiger partial charge in [-0.3, -0.25) is 9.52 Å². The van der Waals surface area contributed by atoms with Crippen molar-refractivity contribution in [2.45, 2.75) is 11.8 Å². The molecule has 126 valence electrons. The molecule has 5 heteroatoms. The van der Waals surface area contributed by atoms with E-state index in [1.54, 1.807) is 79.7 Å².